The fourth-order valence-electron chi connectivity index (χ4n) is 4.04. The van der Waals surface area contributed by atoms with Crippen molar-refractivity contribution in [2.24, 2.45) is 22.2 Å². The summed E-state index contributed by atoms with van der Waals surface area (Å²) in [6.45, 7) is 0.312. The summed E-state index contributed by atoms with van der Waals surface area (Å²) in [7, 11) is 0. The van der Waals surface area contributed by atoms with Gasteiger partial charge in [-0.05, 0) is 32.6 Å². The quantitative estimate of drug-likeness (QED) is 0.0423. The van der Waals surface area contributed by atoms with E-state index in [0.717, 1.165) is 6.92 Å². The van der Waals surface area contributed by atoms with Gasteiger partial charge in [0, 0.05) is 13.1 Å². The summed E-state index contributed by atoms with van der Waals surface area (Å²) in [5.74, 6) is -7.16. The Labute approximate surface area is 240 Å². The number of carbonyl (C=O) groups excluding carboxylic acids is 5. The minimum atomic E-state index is -1.63. The Bertz CT molecular complexity index is 1050. The van der Waals surface area contributed by atoms with Crippen molar-refractivity contribution in [3.8, 4) is 0 Å². The van der Waals surface area contributed by atoms with Crippen molar-refractivity contribution >= 4 is 47.4 Å². The first-order valence-electron chi connectivity index (χ1n) is 13.0. The molecule has 5 amide bonds. The number of nitrogens with zero attached hydrogens (tertiary/aromatic N) is 2. The summed E-state index contributed by atoms with van der Waals surface area (Å²) in [6.07, 6.45) is -1.34. The van der Waals surface area contributed by atoms with Gasteiger partial charge >= 0.3 is 11.9 Å². The molecule has 0 aliphatic carbocycles. The normalized spacial score (nSPS) is 17.1. The van der Waals surface area contributed by atoms with Gasteiger partial charge in [-0.2, -0.15) is 0 Å². The van der Waals surface area contributed by atoms with E-state index in [0.29, 0.717) is 6.42 Å². The maximum Gasteiger partial charge on any atom is 0.326 e. The number of guanidine groups is 1. The van der Waals surface area contributed by atoms with Crippen LogP contribution in [0.15, 0.2) is 4.99 Å². The van der Waals surface area contributed by atoms with Gasteiger partial charge in [0.2, 0.25) is 29.5 Å². The fourth-order valence-corrected chi connectivity index (χ4v) is 4.04. The van der Waals surface area contributed by atoms with Gasteiger partial charge in [-0.25, -0.2) is 4.79 Å². The van der Waals surface area contributed by atoms with Crippen molar-refractivity contribution in [2.45, 2.75) is 69.3 Å². The molecule has 0 bridgehead atoms. The molecule has 19 heteroatoms. The van der Waals surface area contributed by atoms with Gasteiger partial charge in [-0.1, -0.05) is 0 Å². The van der Waals surface area contributed by atoms with Gasteiger partial charge in [-0.3, -0.25) is 33.8 Å². The highest BCUT2D eigenvalue weighted by Crippen LogP contribution is 2.18. The molecule has 1 rings (SSSR count). The second-order valence-corrected chi connectivity index (χ2v) is 9.46. The summed E-state index contributed by atoms with van der Waals surface area (Å²) >= 11 is 0. The molecule has 1 aliphatic rings. The minimum Gasteiger partial charge on any atom is -0.481 e. The minimum absolute atomic E-state index is 0.0320. The number of hydrogen-bond acceptors (Lipinski definition) is 10. The molecule has 0 saturated carbocycles. The van der Waals surface area contributed by atoms with Gasteiger partial charge in [-0.15, -0.1) is 0 Å². The molecule has 236 valence electrons. The number of carboxylic acids is 2. The van der Waals surface area contributed by atoms with Crippen molar-refractivity contribution < 1.29 is 48.9 Å². The van der Waals surface area contributed by atoms with E-state index in [-0.39, 0.29) is 38.3 Å². The lowest BCUT2D eigenvalue weighted by molar-refractivity contribution is -0.144. The molecule has 1 fully saturated rings. The van der Waals surface area contributed by atoms with Crippen LogP contribution in [0, 0.1) is 0 Å². The molecule has 1 heterocycles. The number of likely N-dealkylation sites (tertiary alicyclic amines) is 1. The lowest BCUT2D eigenvalue weighted by Crippen LogP contribution is -2.59. The number of aliphatic imine (C=N–C) groups is 1. The van der Waals surface area contributed by atoms with Gasteiger partial charge in [0.15, 0.2) is 5.96 Å². The number of aliphatic hydroxyl groups excluding tert-OH is 1. The Kier molecular flexibility index (Phi) is 14.6. The monoisotopic (exact) mass is 601 g/mol. The Balaban J connectivity index is 2.80. The zero-order valence-electron chi connectivity index (χ0n) is 23.1. The molecular weight excluding hydrogens is 562 g/mol. The molecule has 1 saturated heterocycles. The summed E-state index contributed by atoms with van der Waals surface area (Å²) in [4.78, 5) is 90.1. The molecule has 5 atom stereocenters. The van der Waals surface area contributed by atoms with Gasteiger partial charge in [0.1, 0.15) is 24.2 Å². The highest BCUT2D eigenvalue weighted by Gasteiger charge is 2.36. The Morgan fingerprint density at radius 1 is 1.00 bits per heavy atom. The van der Waals surface area contributed by atoms with E-state index < -0.39 is 91.3 Å². The van der Waals surface area contributed by atoms with Crippen LogP contribution in [0.4, 0.5) is 0 Å². The zero-order valence-corrected chi connectivity index (χ0v) is 23.1. The smallest absolute Gasteiger partial charge is 0.326 e. The number of nitrogens with one attached hydrogen (secondary N) is 4. The molecule has 0 spiro atoms. The highest BCUT2D eigenvalue weighted by atomic mass is 16.4. The molecule has 0 radical (unpaired) electrons. The zero-order chi connectivity index (χ0) is 32.0. The number of aliphatic carboxylic acids is 2. The Morgan fingerprint density at radius 3 is 2.21 bits per heavy atom. The van der Waals surface area contributed by atoms with Crippen LogP contribution >= 0.6 is 0 Å². The van der Waals surface area contributed by atoms with Crippen molar-refractivity contribution in [1.29, 1.82) is 0 Å². The van der Waals surface area contributed by atoms with Crippen LogP contribution in [0.1, 0.15) is 39.0 Å². The predicted molar refractivity (Wildman–Crippen MR) is 144 cm³/mol. The van der Waals surface area contributed by atoms with Crippen molar-refractivity contribution in [1.82, 2.24) is 26.2 Å². The van der Waals surface area contributed by atoms with Crippen LogP contribution in [0.3, 0.4) is 0 Å². The summed E-state index contributed by atoms with van der Waals surface area (Å²) in [5, 5.41) is 37.4. The SMILES string of the molecule is C[C@@H](O)[C@H](NC(=O)[C@H](CC(=O)O)NC(=O)CN)C(=O)NCC(=O)N1CCC[C@H]1C(=O)N[C@@H](CCCN=C(N)N)C(=O)O. The molecule has 0 aromatic heterocycles. The lowest BCUT2D eigenvalue weighted by atomic mass is 10.1. The maximum atomic E-state index is 12.9. The summed E-state index contributed by atoms with van der Waals surface area (Å²) in [6, 6.07) is -5.48. The molecule has 0 unspecified atom stereocenters. The van der Waals surface area contributed by atoms with E-state index in [2.05, 4.69) is 26.3 Å². The second kappa shape index (κ2) is 17.3. The van der Waals surface area contributed by atoms with E-state index in [1.807, 2.05) is 0 Å². The van der Waals surface area contributed by atoms with Gasteiger partial charge < -0.3 is 58.7 Å². The largest absolute Gasteiger partial charge is 0.481 e. The predicted octanol–water partition coefficient (Wildman–Crippen LogP) is -5.50. The number of amides is 5. The van der Waals surface area contributed by atoms with Crippen molar-refractivity contribution in [3.05, 3.63) is 0 Å². The molecule has 19 nitrogen and oxygen atoms in total. The first-order chi connectivity index (χ1) is 19.7. The van der Waals surface area contributed by atoms with E-state index >= 15 is 0 Å². The van der Waals surface area contributed by atoms with Crippen LogP contribution in [-0.2, 0) is 33.6 Å². The molecule has 1 aliphatic heterocycles. The van der Waals surface area contributed by atoms with Crippen LogP contribution in [-0.4, -0.2) is 124 Å². The van der Waals surface area contributed by atoms with Gasteiger partial charge in [0.25, 0.3) is 0 Å². The Morgan fingerprint density at radius 2 is 1.67 bits per heavy atom. The third kappa shape index (κ3) is 11.9. The molecule has 0 aromatic rings. The average molecular weight is 602 g/mol. The lowest BCUT2D eigenvalue weighted by Gasteiger charge is -2.27. The molecule has 42 heavy (non-hydrogen) atoms. The average Bonchev–Trinajstić information content (AvgIpc) is 3.40. The number of nitrogens with two attached hydrogens (primary N) is 3. The first kappa shape index (κ1) is 35.5. The standard InChI is InChI=1S/C23H39N9O10/c1-11(33)18(31-19(38)13(8-17(36)37)29-15(34)9-24)21(40)28-10-16(35)32-7-3-5-14(32)20(39)30-12(22(41)42)4-2-6-27-23(25)26/h11-14,18,33H,2-10,24H2,1H3,(H,28,40)(H,29,34)(H,30,39)(H,31,38)(H,36,37)(H,41,42)(H4,25,26,27)/t11-,12+,13+,14+,18+/m1/s1. The van der Waals surface area contributed by atoms with Crippen LogP contribution in [0.25, 0.3) is 0 Å². The van der Waals surface area contributed by atoms with Crippen molar-refractivity contribution in [3.63, 3.8) is 0 Å². The number of carboxylic acid groups (broad SMARTS) is 2. The second-order valence-electron chi connectivity index (χ2n) is 9.46. The number of aliphatic hydroxyl groups is 1. The first-order valence-corrected chi connectivity index (χ1v) is 13.0. The number of hydrogen-bond donors (Lipinski definition) is 10. The van der Waals surface area contributed by atoms with Crippen LogP contribution in [0.2, 0.25) is 0 Å². The van der Waals surface area contributed by atoms with E-state index in [1.165, 1.54) is 4.90 Å². The van der Waals surface area contributed by atoms with Gasteiger partial charge in [0.05, 0.1) is 25.6 Å². The van der Waals surface area contributed by atoms with E-state index in [9.17, 15) is 43.8 Å². The third-order valence-electron chi connectivity index (χ3n) is 6.13. The summed E-state index contributed by atoms with van der Waals surface area (Å²) < 4.78 is 0. The highest BCUT2D eigenvalue weighted by molar-refractivity contribution is 5.96. The fraction of sp³-hybridized carbons (Fsp3) is 0.652. The van der Waals surface area contributed by atoms with Crippen LogP contribution < -0.4 is 38.5 Å². The molecule has 0 aromatic carbocycles. The maximum absolute atomic E-state index is 12.9. The Hall–Kier alpha value is -4.52. The third-order valence-corrected chi connectivity index (χ3v) is 6.13. The topological polar surface area (TPSA) is 322 Å². The molecule has 13 N–H and O–H groups in total. The molecular formula is C23H39N9O10. The van der Waals surface area contributed by atoms with E-state index in [4.69, 9.17) is 22.3 Å². The van der Waals surface area contributed by atoms with E-state index in [1.54, 1.807) is 0 Å². The number of carbonyl (C=O) groups is 7. The summed E-state index contributed by atoms with van der Waals surface area (Å²) in [5.41, 5.74) is 15.6. The van der Waals surface area contributed by atoms with Crippen LogP contribution in [0.5, 0.6) is 0 Å². The number of rotatable bonds is 17. The van der Waals surface area contributed by atoms with Crippen molar-refractivity contribution in [2.75, 3.05) is 26.2 Å².